The summed E-state index contributed by atoms with van der Waals surface area (Å²) in [4.78, 5) is 25.2. The lowest BCUT2D eigenvalue weighted by atomic mass is 10.0. The third-order valence-corrected chi connectivity index (χ3v) is 3.15. The zero-order chi connectivity index (χ0) is 15.1. The minimum atomic E-state index is -0.417. The van der Waals surface area contributed by atoms with Crippen LogP contribution in [0, 0.1) is 0 Å². The van der Waals surface area contributed by atoms with Gasteiger partial charge in [0.15, 0.2) is 0 Å². The maximum atomic E-state index is 12.4. The summed E-state index contributed by atoms with van der Waals surface area (Å²) in [5.41, 5.74) is 7.51. The van der Waals surface area contributed by atoms with Gasteiger partial charge in [-0.3, -0.25) is 9.59 Å². The van der Waals surface area contributed by atoms with Crippen molar-refractivity contribution in [1.82, 2.24) is 4.90 Å². The average molecular weight is 278 g/mol. The number of carbonyl (C=O) groups excluding carboxylic acids is 2. The zero-order valence-electron chi connectivity index (χ0n) is 12.3. The number of benzene rings is 1. The number of hydrogen-bond acceptors (Lipinski definition) is 4. The summed E-state index contributed by atoms with van der Waals surface area (Å²) in [5, 5.41) is 0. The highest BCUT2D eigenvalue weighted by Crippen LogP contribution is 2.11. The van der Waals surface area contributed by atoms with E-state index in [2.05, 4.69) is 4.74 Å². The zero-order valence-corrected chi connectivity index (χ0v) is 12.3. The Morgan fingerprint density at radius 3 is 2.35 bits per heavy atom. The fourth-order valence-corrected chi connectivity index (χ4v) is 1.96. The second-order valence-corrected chi connectivity index (χ2v) is 4.84. The molecule has 0 atom stereocenters. The molecule has 0 aliphatic rings. The summed E-state index contributed by atoms with van der Waals surface area (Å²) in [6, 6.07) is 7.50. The van der Waals surface area contributed by atoms with Crippen molar-refractivity contribution < 1.29 is 14.3 Å². The van der Waals surface area contributed by atoms with Crippen molar-refractivity contribution in [2.45, 2.75) is 32.9 Å². The third kappa shape index (κ3) is 4.35. The SMILES string of the molecule is COC(=O)CN(C(=O)Cc1ccccc1CN)C(C)C. The van der Waals surface area contributed by atoms with Crippen molar-refractivity contribution in [3.8, 4) is 0 Å². The Bertz CT molecular complexity index is 472. The Morgan fingerprint density at radius 1 is 1.25 bits per heavy atom. The average Bonchev–Trinajstić information content (AvgIpc) is 2.44. The van der Waals surface area contributed by atoms with Gasteiger partial charge >= 0.3 is 5.97 Å². The lowest BCUT2D eigenvalue weighted by Gasteiger charge is -2.26. The molecule has 0 aliphatic heterocycles. The van der Waals surface area contributed by atoms with E-state index < -0.39 is 5.97 Å². The van der Waals surface area contributed by atoms with Gasteiger partial charge in [0.1, 0.15) is 6.54 Å². The highest BCUT2D eigenvalue weighted by molar-refractivity contribution is 5.84. The number of ether oxygens (including phenoxy) is 1. The molecule has 0 saturated heterocycles. The number of carbonyl (C=O) groups is 2. The van der Waals surface area contributed by atoms with Crippen LogP contribution < -0.4 is 5.73 Å². The highest BCUT2D eigenvalue weighted by atomic mass is 16.5. The van der Waals surface area contributed by atoms with Crippen LogP contribution in [0.5, 0.6) is 0 Å². The molecule has 5 heteroatoms. The Balaban J connectivity index is 2.83. The monoisotopic (exact) mass is 278 g/mol. The maximum absolute atomic E-state index is 12.4. The van der Waals surface area contributed by atoms with Crippen molar-refractivity contribution in [3.63, 3.8) is 0 Å². The van der Waals surface area contributed by atoms with Gasteiger partial charge in [0.2, 0.25) is 5.91 Å². The van der Waals surface area contributed by atoms with Crippen molar-refractivity contribution in [2.24, 2.45) is 5.73 Å². The van der Waals surface area contributed by atoms with Crippen molar-refractivity contribution >= 4 is 11.9 Å². The van der Waals surface area contributed by atoms with E-state index in [1.54, 1.807) is 0 Å². The molecule has 0 aromatic heterocycles. The third-order valence-electron chi connectivity index (χ3n) is 3.15. The van der Waals surface area contributed by atoms with Crippen LogP contribution in [-0.2, 0) is 27.3 Å². The van der Waals surface area contributed by atoms with Crippen LogP contribution in [-0.4, -0.2) is 36.5 Å². The quantitative estimate of drug-likeness (QED) is 0.791. The minimum Gasteiger partial charge on any atom is -0.468 e. The molecule has 5 nitrogen and oxygen atoms in total. The first-order valence-corrected chi connectivity index (χ1v) is 6.62. The molecule has 1 aromatic carbocycles. The second-order valence-electron chi connectivity index (χ2n) is 4.84. The van der Waals surface area contributed by atoms with Crippen LogP contribution in [0.4, 0.5) is 0 Å². The molecule has 1 aromatic rings. The van der Waals surface area contributed by atoms with E-state index >= 15 is 0 Å². The molecule has 20 heavy (non-hydrogen) atoms. The van der Waals surface area contributed by atoms with Gasteiger partial charge in [0.05, 0.1) is 13.5 Å². The largest absolute Gasteiger partial charge is 0.468 e. The van der Waals surface area contributed by atoms with Crippen LogP contribution in [0.2, 0.25) is 0 Å². The van der Waals surface area contributed by atoms with E-state index in [0.717, 1.165) is 11.1 Å². The Hall–Kier alpha value is -1.88. The van der Waals surface area contributed by atoms with Crippen molar-refractivity contribution in [2.75, 3.05) is 13.7 Å². The second kappa shape index (κ2) is 7.65. The van der Waals surface area contributed by atoms with E-state index in [1.165, 1.54) is 12.0 Å². The molecular formula is C15H22N2O3. The molecule has 0 radical (unpaired) electrons. The van der Waals surface area contributed by atoms with Crippen LogP contribution in [0.25, 0.3) is 0 Å². The predicted molar refractivity (Wildman–Crippen MR) is 76.9 cm³/mol. The fourth-order valence-electron chi connectivity index (χ4n) is 1.96. The Labute approximate surface area is 119 Å². The van der Waals surface area contributed by atoms with E-state index in [0.29, 0.717) is 6.54 Å². The van der Waals surface area contributed by atoms with Gasteiger partial charge in [0, 0.05) is 12.6 Å². The van der Waals surface area contributed by atoms with Gasteiger partial charge < -0.3 is 15.4 Å². The van der Waals surface area contributed by atoms with E-state index in [1.807, 2.05) is 38.1 Å². The lowest BCUT2D eigenvalue weighted by molar-refractivity contribution is -0.148. The van der Waals surface area contributed by atoms with E-state index in [-0.39, 0.29) is 24.9 Å². The number of nitrogens with two attached hydrogens (primary N) is 1. The number of hydrogen-bond donors (Lipinski definition) is 1. The van der Waals surface area contributed by atoms with Gasteiger partial charge in [0.25, 0.3) is 0 Å². The normalized spacial score (nSPS) is 10.4. The van der Waals surface area contributed by atoms with Gasteiger partial charge in [-0.1, -0.05) is 24.3 Å². The Kier molecular flexibility index (Phi) is 6.18. The molecule has 0 heterocycles. The molecule has 0 aliphatic carbocycles. The summed E-state index contributed by atoms with van der Waals surface area (Å²) < 4.78 is 4.62. The topological polar surface area (TPSA) is 72.6 Å². The Morgan fingerprint density at radius 2 is 1.85 bits per heavy atom. The number of amides is 1. The highest BCUT2D eigenvalue weighted by Gasteiger charge is 2.21. The molecule has 0 spiro atoms. The van der Waals surface area contributed by atoms with E-state index in [4.69, 9.17) is 5.73 Å². The molecule has 110 valence electrons. The summed E-state index contributed by atoms with van der Waals surface area (Å²) in [6.07, 6.45) is 0.239. The van der Waals surface area contributed by atoms with E-state index in [9.17, 15) is 9.59 Å². The molecular weight excluding hydrogens is 256 g/mol. The van der Waals surface area contributed by atoms with Crippen molar-refractivity contribution in [1.29, 1.82) is 0 Å². The van der Waals surface area contributed by atoms with Crippen LogP contribution in [0.1, 0.15) is 25.0 Å². The minimum absolute atomic E-state index is 0.0300. The van der Waals surface area contributed by atoms with Crippen molar-refractivity contribution in [3.05, 3.63) is 35.4 Å². The first-order valence-electron chi connectivity index (χ1n) is 6.62. The summed E-state index contributed by atoms with van der Waals surface area (Å²) in [5.74, 6) is -0.523. The molecule has 0 bridgehead atoms. The lowest BCUT2D eigenvalue weighted by Crippen LogP contribution is -2.42. The van der Waals surface area contributed by atoms with Crippen LogP contribution in [0.3, 0.4) is 0 Å². The molecule has 2 N–H and O–H groups in total. The fraction of sp³-hybridized carbons (Fsp3) is 0.467. The van der Waals surface area contributed by atoms with Crippen LogP contribution in [0.15, 0.2) is 24.3 Å². The molecule has 1 rings (SSSR count). The first kappa shape index (κ1) is 16.2. The summed E-state index contributed by atoms with van der Waals surface area (Å²) >= 11 is 0. The summed E-state index contributed by atoms with van der Waals surface area (Å²) in [7, 11) is 1.31. The van der Waals surface area contributed by atoms with Gasteiger partial charge in [-0.15, -0.1) is 0 Å². The number of nitrogens with zero attached hydrogens (tertiary/aromatic N) is 1. The maximum Gasteiger partial charge on any atom is 0.325 e. The van der Waals surface area contributed by atoms with Gasteiger partial charge in [-0.25, -0.2) is 0 Å². The predicted octanol–water partition coefficient (Wildman–Crippen LogP) is 1.10. The van der Waals surface area contributed by atoms with Crippen LogP contribution >= 0.6 is 0 Å². The number of methoxy groups -OCH3 is 1. The van der Waals surface area contributed by atoms with Gasteiger partial charge in [-0.2, -0.15) is 0 Å². The smallest absolute Gasteiger partial charge is 0.325 e. The molecule has 0 unspecified atom stereocenters. The van der Waals surface area contributed by atoms with Gasteiger partial charge in [-0.05, 0) is 25.0 Å². The standard InChI is InChI=1S/C15H22N2O3/c1-11(2)17(10-15(19)20-3)14(18)8-12-6-4-5-7-13(12)9-16/h4-7,11H,8-10,16H2,1-3H3. The molecule has 1 amide bonds. The number of rotatable bonds is 6. The first-order chi connectivity index (χ1) is 9.49. The number of esters is 1. The molecule has 0 fully saturated rings. The summed E-state index contributed by atoms with van der Waals surface area (Å²) in [6.45, 7) is 4.10. The molecule has 0 saturated carbocycles.